The average molecular weight is 423 g/mol. The lowest BCUT2D eigenvalue weighted by atomic mass is 10.0. The summed E-state index contributed by atoms with van der Waals surface area (Å²) in [6.45, 7) is 0.444. The first-order valence-electron chi connectivity index (χ1n) is 8.30. The third kappa shape index (κ3) is 5.43. The molecule has 0 saturated carbocycles. The number of ether oxygens (including phenoxy) is 1. The Balaban J connectivity index is 1.71. The van der Waals surface area contributed by atoms with Gasteiger partial charge in [0.05, 0.1) is 6.21 Å². The quantitative estimate of drug-likeness (QED) is 0.352. The third-order valence-corrected chi connectivity index (χ3v) is 4.29. The van der Waals surface area contributed by atoms with Crippen LogP contribution in [0.15, 0.2) is 87.5 Å². The van der Waals surface area contributed by atoms with E-state index in [4.69, 9.17) is 16.2 Å². The van der Waals surface area contributed by atoms with Crippen molar-refractivity contribution in [1.82, 2.24) is 0 Å². The Hall–Kier alpha value is -3.12. The van der Waals surface area contributed by atoms with E-state index in [1.54, 1.807) is 6.21 Å². The molecule has 6 heteroatoms. The maximum atomic E-state index is 5.96. The fourth-order valence-electron chi connectivity index (χ4n) is 2.49. The number of nitrogens with zero attached hydrogens (tertiary/aromatic N) is 2. The fraction of sp³-hybridized carbons (Fsp3) is 0.0476. The van der Waals surface area contributed by atoms with Crippen molar-refractivity contribution in [3.63, 3.8) is 0 Å². The maximum absolute atomic E-state index is 5.96. The zero-order valence-electron chi connectivity index (χ0n) is 14.5. The van der Waals surface area contributed by atoms with Crippen molar-refractivity contribution in [3.05, 3.63) is 88.4 Å². The van der Waals surface area contributed by atoms with E-state index < -0.39 is 0 Å². The van der Waals surface area contributed by atoms with Crippen molar-refractivity contribution in [2.45, 2.75) is 6.61 Å². The van der Waals surface area contributed by atoms with Gasteiger partial charge < -0.3 is 16.2 Å². The van der Waals surface area contributed by atoms with Crippen molar-refractivity contribution >= 4 is 28.1 Å². The highest BCUT2D eigenvalue weighted by molar-refractivity contribution is 9.10. The van der Waals surface area contributed by atoms with Gasteiger partial charge >= 0.3 is 0 Å². The maximum Gasteiger partial charge on any atom is 0.211 e. The summed E-state index contributed by atoms with van der Waals surface area (Å²) in [7, 11) is 0. The molecular formula is C21H19BrN4O. The molecule has 0 saturated heterocycles. The Bertz CT molecular complexity index is 950. The van der Waals surface area contributed by atoms with Crippen LogP contribution in [0.2, 0.25) is 0 Å². The molecule has 4 N–H and O–H groups in total. The van der Waals surface area contributed by atoms with Gasteiger partial charge in [0.1, 0.15) is 12.4 Å². The highest BCUT2D eigenvalue weighted by atomic mass is 79.9. The average Bonchev–Trinajstić information content (AvgIpc) is 2.68. The summed E-state index contributed by atoms with van der Waals surface area (Å²) in [6.07, 6.45) is 1.55. The first-order chi connectivity index (χ1) is 13.1. The summed E-state index contributed by atoms with van der Waals surface area (Å²) < 4.78 is 6.87. The molecule has 3 rings (SSSR count). The molecule has 0 spiro atoms. The number of nitrogens with two attached hydrogens (primary N) is 2. The molecule has 0 aromatic heterocycles. The van der Waals surface area contributed by atoms with E-state index in [9.17, 15) is 0 Å². The summed E-state index contributed by atoms with van der Waals surface area (Å²) in [4.78, 5) is 0. The van der Waals surface area contributed by atoms with E-state index in [-0.39, 0.29) is 5.96 Å². The minimum atomic E-state index is -0.0952. The number of hydrogen-bond acceptors (Lipinski definition) is 3. The molecule has 0 amide bonds. The Morgan fingerprint density at radius 1 is 0.926 bits per heavy atom. The summed E-state index contributed by atoms with van der Waals surface area (Å²) in [6, 6.07) is 24.3. The van der Waals surface area contributed by atoms with Gasteiger partial charge in [-0.15, -0.1) is 5.10 Å². The monoisotopic (exact) mass is 422 g/mol. The third-order valence-electron chi connectivity index (χ3n) is 3.80. The van der Waals surface area contributed by atoms with Crippen molar-refractivity contribution in [2.24, 2.45) is 21.7 Å². The Morgan fingerprint density at radius 3 is 2.33 bits per heavy atom. The van der Waals surface area contributed by atoms with Crippen LogP contribution in [0.5, 0.6) is 5.75 Å². The number of rotatable bonds is 6. The molecule has 0 heterocycles. The zero-order valence-corrected chi connectivity index (χ0v) is 16.1. The van der Waals surface area contributed by atoms with Crippen LogP contribution in [0.4, 0.5) is 0 Å². The molecular weight excluding hydrogens is 404 g/mol. The number of halogens is 1. The van der Waals surface area contributed by atoms with E-state index in [1.165, 1.54) is 11.1 Å². The van der Waals surface area contributed by atoms with E-state index >= 15 is 0 Å². The lowest BCUT2D eigenvalue weighted by Gasteiger charge is -2.10. The molecule has 0 atom stereocenters. The predicted molar refractivity (Wildman–Crippen MR) is 114 cm³/mol. The number of guanidine groups is 1. The smallest absolute Gasteiger partial charge is 0.211 e. The molecule has 0 bridgehead atoms. The van der Waals surface area contributed by atoms with E-state index in [0.717, 1.165) is 15.6 Å². The Kier molecular flexibility index (Phi) is 6.22. The standard InChI is InChI=1S/C21H19BrN4O/c22-19-10-11-20(18(12-19)13-25-26-21(23)24)27-14-15-6-8-17(9-7-15)16-4-2-1-3-5-16/h1-13H,14H2,(H4,23,24,26)/b25-13+. The van der Waals surface area contributed by atoms with Crippen LogP contribution >= 0.6 is 15.9 Å². The predicted octanol–water partition coefficient (Wildman–Crippen LogP) is 4.30. The fourth-order valence-corrected chi connectivity index (χ4v) is 2.87. The molecule has 0 aliphatic rings. The van der Waals surface area contributed by atoms with E-state index in [2.05, 4.69) is 62.5 Å². The largest absolute Gasteiger partial charge is 0.488 e. The SMILES string of the molecule is NC(N)=N/N=C/c1cc(Br)ccc1OCc1ccc(-c2ccccc2)cc1. The molecule has 5 nitrogen and oxygen atoms in total. The van der Waals surface area contributed by atoms with Gasteiger partial charge in [0, 0.05) is 10.0 Å². The topological polar surface area (TPSA) is 86.0 Å². The minimum absolute atomic E-state index is 0.0952. The van der Waals surface area contributed by atoms with E-state index in [1.807, 2.05) is 36.4 Å². The van der Waals surface area contributed by atoms with Crippen molar-refractivity contribution < 1.29 is 4.74 Å². The lowest BCUT2D eigenvalue weighted by molar-refractivity contribution is 0.306. The summed E-state index contributed by atoms with van der Waals surface area (Å²) in [5.74, 6) is 0.599. The van der Waals surface area contributed by atoms with Gasteiger partial charge in [-0.2, -0.15) is 5.10 Å². The second-order valence-electron chi connectivity index (χ2n) is 5.80. The molecule has 3 aromatic carbocycles. The van der Waals surface area contributed by atoms with Gasteiger partial charge in [-0.05, 0) is 34.9 Å². The molecule has 0 aliphatic carbocycles. The van der Waals surface area contributed by atoms with Crippen LogP contribution in [0.1, 0.15) is 11.1 Å². The second kappa shape index (κ2) is 9.00. The molecule has 0 fully saturated rings. The molecule has 0 aliphatic heterocycles. The first-order valence-corrected chi connectivity index (χ1v) is 9.10. The van der Waals surface area contributed by atoms with E-state index in [0.29, 0.717) is 12.4 Å². The molecule has 0 unspecified atom stereocenters. The molecule has 27 heavy (non-hydrogen) atoms. The summed E-state index contributed by atoms with van der Waals surface area (Å²) in [5, 5.41) is 7.47. The molecule has 3 aromatic rings. The first kappa shape index (κ1) is 18.7. The minimum Gasteiger partial charge on any atom is -0.488 e. The summed E-state index contributed by atoms with van der Waals surface area (Å²) >= 11 is 3.44. The zero-order chi connectivity index (χ0) is 19.1. The van der Waals surface area contributed by atoms with Crippen LogP contribution in [-0.4, -0.2) is 12.2 Å². The van der Waals surface area contributed by atoms with Crippen molar-refractivity contribution in [1.29, 1.82) is 0 Å². The van der Waals surface area contributed by atoms with Crippen LogP contribution in [0, 0.1) is 0 Å². The van der Waals surface area contributed by atoms with Crippen molar-refractivity contribution in [2.75, 3.05) is 0 Å². The lowest BCUT2D eigenvalue weighted by Crippen LogP contribution is -2.21. The van der Waals surface area contributed by atoms with Gasteiger partial charge in [0.25, 0.3) is 0 Å². The van der Waals surface area contributed by atoms with Crippen LogP contribution in [0.25, 0.3) is 11.1 Å². The van der Waals surface area contributed by atoms with Crippen molar-refractivity contribution in [3.8, 4) is 16.9 Å². The van der Waals surface area contributed by atoms with Gasteiger partial charge in [0.15, 0.2) is 0 Å². The number of hydrogen-bond donors (Lipinski definition) is 2. The van der Waals surface area contributed by atoms with Crippen LogP contribution < -0.4 is 16.2 Å². The van der Waals surface area contributed by atoms with Gasteiger partial charge in [-0.1, -0.05) is 70.5 Å². The summed E-state index contributed by atoms with van der Waals surface area (Å²) in [5.41, 5.74) is 14.8. The second-order valence-corrected chi connectivity index (χ2v) is 6.72. The van der Waals surface area contributed by atoms with Crippen LogP contribution in [0.3, 0.4) is 0 Å². The normalized spacial score (nSPS) is 10.7. The molecule has 0 radical (unpaired) electrons. The number of benzene rings is 3. The Morgan fingerprint density at radius 2 is 1.63 bits per heavy atom. The molecule has 136 valence electrons. The van der Waals surface area contributed by atoms with Crippen LogP contribution in [-0.2, 0) is 6.61 Å². The van der Waals surface area contributed by atoms with Gasteiger partial charge in [0.2, 0.25) is 5.96 Å². The highest BCUT2D eigenvalue weighted by Gasteiger charge is 2.04. The highest BCUT2D eigenvalue weighted by Crippen LogP contribution is 2.24. The van der Waals surface area contributed by atoms with Gasteiger partial charge in [-0.25, -0.2) is 0 Å². The Labute approximate surface area is 166 Å². The van der Waals surface area contributed by atoms with Gasteiger partial charge in [-0.3, -0.25) is 0 Å².